The number of hydrogen-bond donors (Lipinski definition) is 0. The fourth-order valence-corrected chi connectivity index (χ4v) is 3.70. The van der Waals surface area contributed by atoms with Crippen molar-refractivity contribution in [3.8, 4) is 0 Å². The van der Waals surface area contributed by atoms with Crippen molar-refractivity contribution >= 4 is 0 Å². The molecule has 2 aliphatic rings. The molecule has 22 heavy (non-hydrogen) atoms. The van der Waals surface area contributed by atoms with Gasteiger partial charge in [-0.2, -0.15) is 4.98 Å². The summed E-state index contributed by atoms with van der Waals surface area (Å²) in [5.74, 6) is 1.95. The van der Waals surface area contributed by atoms with E-state index in [1.165, 1.54) is 44.9 Å². The number of aromatic nitrogens is 2. The van der Waals surface area contributed by atoms with Gasteiger partial charge in [-0.1, -0.05) is 30.8 Å². The molecule has 0 spiro atoms. The molecule has 1 aromatic heterocycles. The van der Waals surface area contributed by atoms with Crippen LogP contribution in [0.3, 0.4) is 0 Å². The molecule has 0 radical (unpaired) electrons. The maximum atomic E-state index is 6.12. The molecule has 1 aromatic rings. The van der Waals surface area contributed by atoms with Gasteiger partial charge < -0.3 is 14.2 Å². The molecule has 1 aliphatic carbocycles. The highest BCUT2D eigenvalue weighted by Crippen LogP contribution is 2.25. The molecule has 0 amide bonds. The van der Waals surface area contributed by atoms with Crippen molar-refractivity contribution < 1.29 is 9.26 Å². The van der Waals surface area contributed by atoms with E-state index in [4.69, 9.17) is 9.26 Å². The third-order valence-corrected chi connectivity index (χ3v) is 4.96. The SMILES string of the molecule is Cc1noc([C@@H]2CCCN(CCOC3CCCCCC3)C2)n1. The predicted octanol–water partition coefficient (Wildman–Crippen LogP) is 3.30. The zero-order chi connectivity index (χ0) is 15.2. The Morgan fingerprint density at radius 3 is 2.68 bits per heavy atom. The van der Waals surface area contributed by atoms with Gasteiger partial charge in [-0.05, 0) is 39.2 Å². The maximum absolute atomic E-state index is 6.12. The van der Waals surface area contributed by atoms with Crippen molar-refractivity contribution in [2.75, 3.05) is 26.2 Å². The van der Waals surface area contributed by atoms with Crippen molar-refractivity contribution in [1.82, 2.24) is 15.0 Å². The lowest BCUT2D eigenvalue weighted by atomic mass is 9.98. The number of rotatable bonds is 5. The average molecular weight is 307 g/mol. The first-order chi connectivity index (χ1) is 10.8. The summed E-state index contributed by atoms with van der Waals surface area (Å²) >= 11 is 0. The largest absolute Gasteiger partial charge is 0.377 e. The molecular formula is C17H29N3O2. The van der Waals surface area contributed by atoms with Crippen LogP contribution in [-0.4, -0.2) is 47.4 Å². The van der Waals surface area contributed by atoms with Crippen LogP contribution in [0.1, 0.15) is 69.0 Å². The second-order valence-electron chi connectivity index (χ2n) is 6.80. The van der Waals surface area contributed by atoms with Gasteiger partial charge in [0.25, 0.3) is 0 Å². The molecule has 3 rings (SSSR count). The number of ether oxygens (including phenoxy) is 1. The van der Waals surface area contributed by atoms with E-state index in [-0.39, 0.29) is 0 Å². The molecule has 0 unspecified atom stereocenters. The summed E-state index contributed by atoms with van der Waals surface area (Å²) in [5, 5.41) is 3.92. The van der Waals surface area contributed by atoms with E-state index in [9.17, 15) is 0 Å². The molecule has 5 heteroatoms. The zero-order valence-electron chi connectivity index (χ0n) is 13.8. The molecule has 0 bridgehead atoms. The van der Waals surface area contributed by atoms with Gasteiger partial charge in [0.2, 0.25) is 5.89 Å². The van der Waals surface area contributed by atoms with E-state index in [2.05, 4.69) is 15.0 Å². The molecule has 0 N–H and O–H groups in total. The van der Waals surface area contributed by atoms with E-state index in [1.54, 1.807) is 0 Å². The minimum atomic E-state index is 0.396. The van der Waals surface area contributed by atoms with Gasteiger partial charge in [0.15, 0.2) is 5.82 Å². The van der Waals surface area contributed by atoms with Crippen molar-refractivity contribution in [2.24, 2.45) is 0 Å². The Balaban J connectivity index is 1.40. The molecule has 2 heterocycles. The van der Waals surface area contributed by atoms with Crippen LogP contribution in [0.25, 0.3) is 0 Å². The fraction of sp³-hybridized carbons (Fsp3) is 0.882. The van der Waals surface area contributed by atoms with E-state index in [0.29, 0.717) is 12.0 Å². The van der Waals surface area contributed by atoms with Crippen LogP contribution < -0.4 is 0 Å². The first-order valence-electron chi connectivity index (χ1n) is 8.95. The molecule has 1 saturated carbocycles. The average Bonchev–Trinajstić information content (AvgIpc) is 2.81. The predicted molar refractivity (Wildman–Crippen MR) is 84.9 cm³/mol. The second kappa shape index (κ2) is 8.06. The Kier molecular flexibility index (Phi) is 5.84. The third-order valence-electron chi connectivity index (χ3n) is 4.96. The van der Waals surface area contributed by atoms with Gasteiger partial charge in [-0.25, -0.2) is 0 Å². The third kappa shape index (κ3) is 4.53. The lowest BCUT2D eigenvalue weighted by Crippen LogP contribution is -2.37. The van der Waals surface area contributed by atoms with Crippen LogP contribution in [0.5, 0.6) is 0 Å². The van der Waals surface area contributed by atoms with Crippen LogP contribution in [0.2, 0.25) is 0 Å². The Morgan fingerprint density at radius 1 is 1.14 bits per heavy atom. The van der Waals surface area contributed by atoms with Crippen molar-refractivity contribution in [1.29, 1.82) is 0 Å². The van der Waals surface area contributed by atoms with Crippen molar-refractivity contribution in [3.63, 3.8) is 0 Å². The summed E-state index contributed by atoms with van der Waals surface area (Å²) in [6.45, 7) is 5.96. The number of aryl methyl sites for hydroxylation is 1. The quantitative estimate of drug-likeness (QED) is 0.781. The molecule has 124 valence electrons. The summed E-state index contributed by atoms with van der Waals surface area (Å²) in [6, 6.07) is 0. The standard InChI is InChI=1S/C17H29N3O2/c1-14-18-17(22-19-14)15-7-6-10-20(13-15)11-12-21-16-8-4-2-3-5-9-16/h15-16H,2-13H2,1H3/t15-/m1/s1. The molecule has 1 atom stereocenters. The number of likely N-dealkylation sites (tertiary alicyclic amines) is 1. The van der Waals surface area contributed by atoms with Gasteiger partial charge in [0, 0.05) is 13.1 Å². The number of hydrogen-bond acceptors (Lipinski definition) is 5. The first kappa shape index (κ1) is 15.9. The highest BCUT2D eigenvalue weighted by atomic mass is 16.5. The van der Waals surface area contributed by atoms with Crippen LogP contribution in [0.4, 0.5) is 0 Å². The second-order valence-corrected chi connectivity index (χ2v) is 6.80. The highest BCUT2D eigenvalue weighted by molar-refractivity contribution is 4.96. The summed E-state index contributed by atoms with van der Waals surface area (Å²) in [6.07, 6.45) is 10.8. The zero-order valence-corrected chi connectivity index (χ0v) is 13.8. The molecule has 1 aliphatic heterocycles. The van der Waals surface area contributed by atoms with Crippen LogP contribution in [0.15, 0.2) is 4.52 Å². The summed E-state index contributed by atoms with van der Waals surface area (Å²) in [5.41, 5.74) is 0. The van der Waals surface area contributed by atoms with Crippen molar-refractivity contribution in [3.05, 3.63) is 11.7 Å². The van der Waals surface area contributed by atoms with Crippen LogP contribution in [-0.2, 0) is 4.74 Å². The minimum absolute atomic E-state index is 0.396. The van der Waals surface area contributed by atoms with Gasteiger partial charge in [0.1, 0.15) is 0 Å². The first-order valence-corrected chi connectivity index (χ1v) is 8.95. The fourth-order valence-electron chi connectivity index (χ4n) is 3.70. The maximum Gasteiger partial charge on any atom is 0.231 e. The molecule has 0 aromatic carbocycles. The summed E-state index contributed by atoms with van der Waals surface area (Å²) in [7, 11) is 0. The molecule has 1 saturated heterocycles. The lowest BCUT2D eigenvalue weighted by Gasteiger charge is -2.31. The number of piperidine rings is 1. The topological polar surface area (TPSA) is 51.4 Å². The van der Waals surface area contributed by atoms with E-state index >= 15 is 0 Å². The summed E-state index contributed by atoms with van der Waals surface area (Å²) < 4.78 is 11.5. The molecule has 5 nitrogen and oxygen atoms in total. The van der Waals surface area contributed by atoms with E-state index in [0.717, 1.165) is 44.4 Å². The lowest BCUT2D eigenvalue weighted by molar-refractivity contribution is 0.0240. The van der Waals surface area contributed by atoms with Crippen LogP contribution in [0, 0.1) is 6.92 Å². The van der Waals surface area contributed by atoms with Crippen LogP contribution >= 0.6 is 0 Å². The van der Waals surface area contributed by atoms with E-state index < -0.39 is 0 Å². The monoisotopic (exact) mass is 307 g/mol. The molecular weight excluding hydrogens is 278 g/mol. The minimum Gasteiger partial charge on any atom is -0.377 e. The van der Waals surface area contributed by atoms with Crippen molar-refractivity contribution in [2.45, 2.75) is 70.3 Å². The van der Waals surface area contributed by atoms with Gasteiger partial charge in [0.05, 0.1) is 18.6 Å². The van der Waals surface area contributed by atoms with Gasteiger partial charge in [-0.3, -0.25) is 0 Å². The smallest absolute Gasteiger partial charge is 0.231 e. The van der Waals surface area contributed by atoms with E-state index in [1.807, 2.05) is 6.92 Å². The van der Waals surface area contributed by atoms with Gasteiger partial charge >= 0.3 is 0 Å². The normalized spacial score (nSPS) is 25.2. The Hall–Kier alpha value is -0.940. The molecule has 2 fully saturated rings. The van der Waals surface area contributed by atoms with Gasteiger partial charge in [-0.15, -0.1) is 0 Å². The highest BCUT2D eigenvalue weighted by Gasteiger charge is 2.25. The Labute approximate surface area is 133 Å². The summed E-state index contributed by atoms with van der Waals surface area (Å²) in [4.78, 5) is 6.89. The number of nitrogens with zero attached hydrogens (tertiary/aromatic N) is 3. The Bertz CT molecular complexity index is 441. The Morgan fingerprint density at radius 2 is 1.95 bits per heavy atom.